The molecule has 0 fully saturated rings. The monoisotopic (exact) mass is 453 g/mol. The lowest BCUT2D eigenvalue weighted by molar-refractivity contribution is 0.0933. The fourth-order valence-corrected chi connectivity index (χ4v) is 2.79. The molecule has 0 radical (unpaired) electrons. The molecule has 0 spiro atoms. The fraction of sp³-hybridized carbons (Fsp3) is 0.500. The first kappa shape index (κ1) is 17.2. The van der Waals surface area contributed by atoms with Crippen LogP contribution in [0.5, 0.6) is 0 Å². The lowest BCUT2D eigenvalue weighted by Gasteiger charge is -2.24. The zero-order valence-electron chi connectivity index (χ0n) is 11.1. The number of carbonyl (C=O) groups is 1. The Morgan fingerprint density at radius 2 is 2.00 bits per heavy atom. The molecule has 1 aromatic rings. The van der Waals surface area contributed by atoms with E-state index >= 15 is 0 Å². The van der Waals surface area contributed by atoms with Crippen LogP contribution < -0.4 is 5.32 Å². The minimum atomic E-state index is -0.0416. The second-order valence-corrected chi connectivity index (χ2v) is 7.83. The van der Waals surface area contributed by atoms with Crippen LogP contribution in [0.3, 0.4) is 0 Å². The molecule has 5 heteroatoms. The molecular weight excluding hydrogens is 438 g/mol. The van der Waals surface area contributed by atoms with E-state index < -0.39 is 0 Å². The summed E-state index contributed by atoms with van der Waals surface area (Å²) >= 11 is 10.2. The molecular formula is C14H18Br3NO. The third kappa shape index (κ3) is 5.96. The summed E-state index contributed by atoms with van der Waals surface area (Å²) in [5.41, 5.74) is 0.771. The number of hydrogen-bond donors (Lipinski definition) is 1. The second kappa shape index (κ2) is 7.79. The summed E-state index contributed by atoms with van der Waals surface area (Å²) in [4.78, 5) is 12.2. The first-order chi connectivity index (χ1) is 8.85. The molecule has 0 aliphatic heterocycles. The lowest BCUT2D eigenvalue weighted by atomic mass is 9.88. The van der Waals surface area contributed by atoms with Gasteiger partial charge >= 0.3 is 0 Å². The van der Waals surface area contributed by atoms with Crippen LogP contribution in [-0.2, 0) is 0 Å². The molecule has 0 atom stereocenters. The predicted octanol–water partition coefficient (Wildman–Crippen LogP) is 5.14. The number of hydrogen-bond acceptors (Lipinski definition) is 1. The van der Waals surface area contributed by atoms with Gasteiger partial charge < -0.3 is 5.32 Å². The molecule has 0 unspecified atom stereocenters. The molecule has 0 aromatic heterocycles. The molecule has 1 aromatic carbocycles. The summed E-state index contributed by atoms with van der Waals surface area (Å²) in [6.07, 6.45) is 2.20. The van der Waals surface area contributed by atoms with E-state index in [1.165, 1.54) is 0 Å². The average Bonchev–Trinajstić information content (AvgIpc) is 2.36. The Balaban J connectivity index is 2.62. The smallest absolute Gasteiger partial charge is 0.252 e. The van der Waals surface area contributed by atoms with Crippen molar-refractivity contribution in [3.8, 4) is 0 Å². The Hall–Kier alpha value is 0.130. The first-order valence-corrected chi connectivity index (χ1v) is 8.86. The van der Waals surface area contributed by atoms with Gasteiger partial charge in [-0.25, -0.2) is 0 Å². The molecule has 0 aliphatic carbocycles. The molecule has 1 rings (SSSR count). The largest absolute Gasteiger partial charge is 0.351 e. The van der Waals surface area contributed by atoms with Crippen LogP contribution in [0, 0.1) is 5.41 Å². The predicted molar refractivity (Wildman–Crippen MR) is 91.0 cm³/mol. The van der Waals surface area contributed by atoms with E-state index in [2.05, 4.69) is 67.0 Å². The van der Waals surface area contributed by atoms with Crippen LogP contribution in [0.25, 0.3) is 0 Å². The summed E-state index contributed by atoms with van der Waals surface area (Å²) in [5, 5.41) is 4.01. The number of alkyl halides is 1. The molecule has 0 aliphatic rings. The van der Waals surface area contributed by atoms with Crippen molar-refractivity contribution in [3.05, 3.63) is 32.7 Å². The molecule has 0 saturated carbocycles. The van der Waals surface area contributed by atoms with Gasteiger partial charge in [-0.2, -0.15) is 0 Å². The van der Waals surface area contributed by atoms with Gasteiger partial charge in [-0.3, -0.25) is 4.79 Å². The highest BCUT2D eigenvalue weighted by Crippen LogP contribution is 2.24. The van der Waals surface area contributed by atoms with Gasteiger partial charge in [0.25, 0.3) is 5.91 Å². The van der Waals surface area contributed by atoms with E-state index in [0.29, 0.717) is 12.1 Å². The number of nitrogens with one attached hydrogen (secondary N) is 1. The molecule has 1 amide bonds. The highest BCUT2D eigenvalue weighted by Gasteiger charge is 2.19. The second-order valence-electron chi connectivity index (χ2n) is 5.26. The Morgan fingerprint density at radius 1 is 1.32 bits per heavy atom. The Morgan fingerprint density at radius 3 is 2.63 bits per heavy atom. The van der Waals surface area contributed by atoms with Crippen molar-refractivity contribution in [3.63, 3.8) is 0 Å². The van der Waals surface area contributed by atoms with E-state index in [1.54, 1.807) is 0 Å². The highest BCUT2D eigenvalue weighted by atomic mass is 79.9. The number of rotatable bonds is 6. The number of amides is 1. The lowest BCUT2D eigenvalue weighted by Crippen LogP contribution is -2.34. The van der Waals surface area contributed by atoms with Crippen LogP contribution in [0.15, 0.2) is 27.1 Å². The van der Waals surface area contributed by atoms with Gasteiger partial charge in [-0.15, -0.1) is 0 Å². The van der Waals surface area contributed by atoms with Crippen LogP contribution in [0.4, 0.5) is 0 Å². The number of carbonyl (C=O) groups excluding carboxylic acids is 1. The SMILES string of the molecule is CC(C)(CCCBr)CNC(=O)c1cc(Br)ccc1Br. The van der Waals surface area contributed by atoms with E-state index in [9.17, 15) is 4.79 Å². The maximum atomic E-state index is 12.2. The Bertz CT molecular complexity index is 446. The molecule has 1 N–H and O–H groups in total. The standard InChI is InChI=1S/C14H18Br3NO/c1-14(2,6-3-7-15)9-18-13(19)11-8-10(16)4-5-12(11)17/h4-5,8H,3,6-7,9H2,1-2H3,(H,18,19). The summed E-state index contributed by atoms with van der Waals surface area (Å²) in [6.45, 7) is 5.02. The molecule has 0 bridgehead atoms. The van der Waals surface area contributed by atoms with Gasteiger partial charge in [-0.05, 0) is 52.4 Å². The van der Waals surface area contributed by atoms with Gasteiger partial charge in [0, 0.05) is 20.8 Å². The van der Waals surface area contributed by atoms with Crippen molar-refractivity contribution >= 4 is 53.7 Å². The normalized spacial score (nSPS) is 11.4. The van der Waals surface area contributed by atoms with Crippen LogP contribution in [0.1, 0.15) is 37.0 Å². The quantitative estimate of drug-likeness (QED) is 0.591. The summed E-state index contributed by atoms with van der Waals surface area (Å²) in [6, 6.07) is 5.60. The third-order valence-electron chi connectivity index (χ3n) is 2.89. The first-order valence-electron chi connectivity index (χ1n) is 6.15. The summed E-state index contributed by atoms with van der Waals surface area (Å²) in [7, 11) is 0. The van der Waals surface area contributed by atoms with Gasteiger partial charge in [0.2, 0.25) is 0 Å². The Kier molecular flexibility index (Phi) is 7.05. The van der Waals surface area contributed by atoms with Crippen molar-refractivity contribution in [1.29, 1.82) is 0 Å². The van der Waals surface area contributed by atoms with Crippen molar-refractivity contribution in [2.45, 2.75) is 26.7 Å². The topological polar surface area (TPSA) is 29.1 Å². The molecule has 19 heavy (non-hydrogen) atoms. The van der Waals surface area contributed by atoms with Crippen LogP contribution in [0.2, 0.25) is 0 Å². The van der Waals surface area contributed by atoms with Crippen molar-refractivity contribution in [1.82, 2.24) is 5.32 Å². The van der Waals surface area contributed by atoms with Gasteiger partial charge in [0.1, 0.15) is 0 Å². The van der Waals surface area contributed by atoms with E-state index in [4.69, 9.17) is 0 Å². The average molecular weight is 456 g/mol. The van der Waals surface area contributed by atoms with Crippen LogP contribution in [-0.4, -0.2) is 17.8 Å². The van der Waals surface area contributed by atoms with Gasteiger partial charge in [0.15, 0.2) is 0 Å². The molecule has 0 heterocycles. The number of halogens is 3. The minimum absolute atomic E-state index is 0.0416. The molecule has 106 valence electrons. The highest BCUT2D eigenvalue weighted by molar-refractivity contribution is 9.11. The van der Waals surface area contributed by atoms with E-state index in [0.717, 1.165) is 27.1 Å². The number of benzene rings is 1. The van der Waals surface area contributed by atoms with Gasteiger partial charge in [-0.1, -0.05) is 45.7 Å². The van der Waals surface area contributed by atoms with Crippen molar-refractivity contribution < 1.29 is 4.79 Å². The van der Waals surface area contributed by atoms with E-state index in [-0.39, 0.29) is 11.3 Å². The zero-order chi connectivity index (χ0) is 14.5. The van der Waals surface area contributed by atoms with E-state index in [1.807, 2.05) is 18.2 Å². The maximum Gasteiger partial charge on any atom is 0.252 e. The van der Waals surface area contributed by atoms with Crippen molar-refractivity contribution in [2.24, 2.45) is 5.41 Å². The summed E-state index contributed by atoms with van der Waals surface area (Å²) in [5.74, 6) is -0.0416. The fourth-order valence-electron chi connectivity index (χ4n) is 1.72. The maximum absolute atomic E-state index is 12.2. The Labute approximate surface area is 140 Å². The van der Waals surface area contributed by atoms with Gasteiger partial charge in [0.05, 0.1) is 5.56 Å². The third-order valence-corrected chi connectivity index (χ3v) is 4.63. The zero-order valence-corrected chi connectivity index (χ0v) is 15.9. The molecule has 2 nitrogen and oxygen atoms in total. The minimum Gasteiger partial charge on any atom is -0.351 e. The molecule has 0 saturated heterocycles. The van der Waals surface area contributed by atoms with Crippen LogP contribution >= 0.6 is 47.8 Å². The van der Waals surface area contributed by atoms with Crippen molar-refractivity contribution in [2.75, 3.05) is 11.9 Å². The summed E-state index contributed by atoms with van der Waals surface area (Å²) < 4.78 is 1.71.